The third-order valence-corrected chi connectivity index (χ3v) is 5.88. The fourth-order valence-electron chi connectivity index (χ4n) is 2.98. The maximum Gasteiger partial charge on any atom is 0.224 e. The number of hydrogen-bond donors (Lipinski definition) is 3. The minimum atomic E-state index is -2.72. The van der Waals surface area contributed by atoms with E-state index in [4.69, 9.17) is 0 Å². The molecule has 2 N–H and O–H groups in total. The molecule has 3 aromatic rings. The third-order valence-electron chi connectivity index (χ3n) is 4.43. The van der Waals surface area contributed by atoms with E-state index in [2.05, 4.69) is 15.0 Å². The van der Waals surface area contributed by atoms with Gasteiger partial charge in [0.2, 0.25) is 16.8 Å². The molecule has 0 fully saturated rings. The molecule has 0 aliphatic heterocycles. The molecule has 0 unspecified atom stereocenters. The number of carbonyl (C=O) groups is 1. The second-order valence-electron chi connectivity index (χ2n) is 6.73. The molecule has 9 heteroatoms. The summed E-state index contributed by atoms with van der Waals surface area (Å²) in [5.41, 5.74) is 2.95. The number of halogens is 1. The number of rotatable bonds is 9. The Bertz CT molecular complexity index is 1070. The van der Waals surface area contributed by atoms with E-state index in [0.717, 1.165) is 22.7 Å². The standard InChI is InChI=1S/C21H22FN3O3S2/c1-2-17-13-29-21(23-17)19(11-14-6-8-18(9-7-14)25-30(27)28)24-20(26)12-15-4-3-5-16(22)10-15/h3-10,13,19,30H,2,11-12H2,1H3,(H,24,26)(H,25,27,28)/t19-/m0/s1. The van der Waals surface area contributed by atoms with Gasteiger partial charge in [0.1, 0.15) is 10.8 Å². The number of benzene rings is 2. The van der Waals surface area contributed by atoms with Crippen molar-refractivity contribution in [1.29, 1.82) is 0 Å². The number of nitrogens with one attached hydrogen (secondary N) is 2. The number of nitrogens with zero attached hydrogens (tertiary/aromatic N) is 1. The van der Waals surface area contributed by atoms with Crippen LogP contribution in [0.15, 0.2) is 53.9 Å². The number of carbonyl (C=O) groups excluding carboxylic acids is 1. The highest BCUT2D eigenvalue weighted by atomic mass is 32.2. The van der Waals surface area contributed by atoms with Crippen LogP contribution < -0.4 is 10.0 Å². The van der Waals surface area contributed by atoms with E-state index in [1.54, 1.807) is 36.4 Å². The number of amides is 1. The summed E-state index contributed by atoms with van der Waals surface area (Å²) < 4.78 is 37.3. The smallest absolute Gasteiger partial charge is 0.224 e. The third kappa shape index (κ3) is 6.36. The molecule has 30 heavy (non-hydrogen) atoms. The van der Waals surface area contributed by atoms with Crippen molar-refractivity contribution in [2.75, 3.05) is 4.72 Å². The first-order chi connectivity index (χ1) is 14.4. The van der Waals surface area contributed by atoms with Gasteiger partial charge < -0.3 is 5.32 Å². The molecule has 0 saturated carbocycles. The van der Waals surface area contributed by atoms with Crippen LogP contribution in [-0.4, -0.2) is 19.3 Å². The molecule has 158 valence electrons. The zero-order chi connectivity index (χ0) is 21.5. The van der Waals surface area contributed by atoms with Crippen molar-refractivity contribution in [3.8, 4) is 0 Å². The van der Waals surface area contributed by atoms with Crippen LogP contribution in [0.5, 0.6) is 0 Å². The molecule has 0 spiro atoms. The van der Waals surface area contributed by atoms with Crippen LogP contribution in [-0.2, 0) is 34.9 Å². The second-order valence-corrected chi connectivity index (χ2v) is 8.35. The summed E-state index contributed by atoms with van der Waals surface area (Å²) >= 11 is 1.49. The monoisotopic (exact) mass is 447 g/mol. The van der Waals surface area contributed by atoms with Crippen molar-refractivity contribution in [3.05, 3.63) is 81.6 Å². The molecular weight excluding hydrogens is 425 g/mol. The quantitative estimate of drug-likeness (QED) is 0.439. The van der Waals surface area contributed by atoms with Crippen LogP contribution in [0.3, 0.4) is 0 Å². The molecule has 0 bridgehead atoms. The Morgan fingerprint density at radius 2 is 1.93 bits per heavy atom. The van der Waals surface area contributed by atoms with Gasteiger partial charge in [-0.15, -0.1) is 11.3 Å². The molecule has 1 aromatic heterocycles. The zero-order valence-electron chi connectivity index (χ0n) is 16.3. The number of thiol groups is 1. The Hall–Kier alpha value is -2.78. The number of aryl methyl sites for hydroxylation is 1. The molecule has 0 radical (unpaired) electrons. The molecule has 1 atom stereocenters. The fraction of sp³-hybridized carbons (Fsp3) is 0.238. The molecule has 0 aliphatic rings. The lowest BCUT2D eigenvalue weighted by Crippen LogP contribution is -2.31. The van der Waals surface area contributed by atoms with Crippen LogP contribution in [0.25, 0.3) is 0 Å². The molecule has 1 amide bonds. The summed E-state index contributed by atoms with van der Waals surface area (Å²) in [6.45, 7) is 2.02. The van der Waals surface area contributed by atoms with Gasteiger partial charge in [-0.05, 0) is 48.2 Å². The van der Waals surface area contributed by atoms with E-state index in [0.29, 0.717) is 17.7 Å². The van der Waals surface area contributed by atoms with Crippen molar-refractivity contribution in [2.24, 2.45) is 0 Å². The fourth-order valence-corrected chi connectivity index (χ4v) is 4.29. The SMILES string of the molecule is CCc1csc([C@H](Cc2ccc(N[SH](=O)=O)cc2)NC(=O)Cc2cccc(F)c2)n1. The molecule has 3 rings (SSSR count). The molecule has 1 heterocycles. The molecule has 6 nitrogen and oxygen atoms in total. The van der Waals surface area contributed by atoms with Gasteiger partial charge in [-0.1, -0.05) is 31.2 Å². The highest BCUT2D eigenvalue weighted by Gasteiger charge is 2.19. The van der Waals surface area contributed by atoms with Gasteiger partial charge in [0.05, 0.1) is 18.2 Å². The predicted octanol–water partition coefficient (Wildman–Crippen LogP) is 3.43. The lowest BCUT2D eigenvalue weighted by molar-refractivity contribution is -0.121. The maximum atomic E-state index is 13.4. The maximum absolute atomic E-state index is 13.4. The Morgan fingerprint density at radius 3 is 2.57 bits per heavy atom. The van der Waals surface area contributed by atoms with Crippen molar-refractivity contribution < 1.29 is 17.6 Å². The van der Waals surface area contributed by atoms with Crippen LogP contribution in [0.4, 0.5) is 10.1 Å². The summed E-state index contributed by atoms with van der Waals surface area (Å²) in [6.07, 6.45) is 1.36. The Labute approximate surface area is 180 Å². The Balaban J connectivity index is 1.75. The minimum absolute atomic E-state index is 0.0691. The van der Waals surface area contributed by atoms with Gasteiger partial charge in [-0.3, -0.25) is 9.52 Å². The first kappa shape index (κ1) is 21.9. The molecular formula is C21H22FN3O3S2. The van der Waals surface area contributed by atoms with Gasteiger partial charge in [0.25, 0.3) is 0 Å². The molecule has 0 saturated heterocycles. The first-order valence-corrected chi connectivity index (χ1v) is 11.5. The van der Waals surface area contributed by atoms with Gasteiger partial charge in [0, 0.05) is 11.1 Å². The van der Waals surface area contributed by atoms with E-state index >= 15 is 0 Å². The second kappa shape index (κ2) is 10.3. The summed E-state index contributed by atoms with van der Waals surface area (Å²) in [5, 5.41) is 5.77. The van der Waals surface area contributed by atoms with E-state index in [1.165, 1.54) is 23.5 Å². The average Bonchev–Trinajstić information content (AvgIpc) is 3.18. The highest BCUT2D eigenvalue weighted by molar-refractivity contribution is 7.73. The number of hydrogen-bond acceptors (Lipinski definition) is 5. The minimum Gasteiger partial charge on any atom is -0.346 e. The van der Waals surface area contributed by atoms with Gasteiger partial charge >= 0.3 is 0 Å². The number of anilines is 1. The van der Waals surface area contributed by atoms with Gasteiger partial charge in [-0.25, -0.2) is 17.8 Å². The average molecular weight is 448 g/mol. The number of aromatic nitrogens is 1. The lowest BCUT2D eigenvalue weighted by atomic mass is 10.0. The van der Waals surface area contributed by atoms with Crippen LogP contribution in [0, 0.1) is 5.82 Å². The van der Waals surface area contributed by atoms with Crippen molar-refractivity contribution in [2.45, 2.75) is 32.2 Å². The molecule has 0 aliphatic carbocycles. The topological polar surface area (TPSA) is 88.2 Å². The van der Waals surface area contributed by atoms with E-state index < -0.39 is 10.9 Å². The summed E-state index contributed by atoms with van der Waals surface area (Å²) in [7, 11) is -2.72. The zero-order valence-corrected chi connectivity index (χ0v) is 18.0. The van der Waals surface area contributed by atoms with Crippen LogP contribution in [0.1, 0.15) is 34.8 Å². The predicted molar refractivity (Wildman–Crippen MR) is 117 cm³/mol. The van der Waals surface area contributed by atoms with Gasteiger partial charge in [0.15, 0.2) is 0 Å². The van der Waals surface area contributed by atoms with Crippen molar-refractivity contribution in [3.63, 3.8) is 0 Å². The van der Waals surface area contributed by atoms with Gasteiger partial charge in [-0.2, -0.15) is 0 Å². The summed E-state index contributed by atoms with van der Waals surface area (Å²) in [4.78, 5) is 17.2. The van der Waals surface area contributed by atoms with E-state index in [-0.39, 0.29) is 24.2 Å². The normalized spacial score (nSPS) is 12.0. The Morgan fingerprint density at radius 1 is 1.17 bits per heavy atom. The van der Waals surface area contributed by atoms with E-state index in [1.807, 2.05) is 12.3 Å². The summed E-state index contributed by atoms with van der Waals surface area (Å²) in [6, 6.07) is 12.6. The largest absolute Gasteiger partial charge is 0.346 e. The molecule has 2 aromatic carbocycles. The highest BCUT2D eigenvalue weighted by Crippen LogP contribution is 2.24. The van der Waals surface area contributed by atoms with Crippen molar-refractivity contribution >= 4 is 33.8 Å². The summed E-state index contributed by atoms with van der Waals surface area (Å²) in [5.74, 6) is -0.599. The van der Waals surface area contributed by atoms with Crippen LogP contribution >= 0.6 is 11.3 Å². The van der Waals surface area contributed by atoms with E-state index in [9.17, 15) is 17.6 Å². The lowest BCUT2D eigenvalue weighted by Gasteiger charge is -2.17. The number of thiazole rings is 1. The van der Waals surface area contributed by atoms with Crippen molar-refractivity contribution in [1.82, 2.24) is 10.3 Å². The Kier molecular flexibility index (Phi) is 7.53. The van der Waals surface area contributed by atoms with Crippen LogP contribution in [0.2, 0.25) is 0 Å². The first-order valence-electron chi connectivity index (χ1n) is 9.41.